The fourth-order valence-electron chi connectivity index (χ4n) is 4.08. The minimum absolute atomic E-state index is 0.168. The number of likely N-dealkylation sites (tertiary alicyclic amines) is 1. The summed E-state index contributed by atoms with van der Waals surface area (Å²) in [6.07, 6.45) is -1.00. The van der Waals surface area contributed by atoms with Gasteiger partial charge in [0, 0.05) is 12.2 Å². The summed E-state index contributed by atoms with van der Waals surface area (Å²) < 4.78 is -0.759. The molecular weight excluding hydrogens is 350 g/mol. The van der Waals surface area contributed by atoms with Crippen LogP contribution in [0.2, 0.25) is 0 Å². The summed E-state index contributed by atoms with van der Waals surface area (Å²) in [5.41, 5.74) is -0.719. The van der Waals surface area contributed by atoms with Crippen LogP contribution in [-0.2, 0) is 10.4 Å². The van der Waals surface area contributed by atoms with Crippen molar-refractivity contribution in [2.24, 2.45) is 5.92 Å². The number of carbonyl (C=O) groups is 2. The standard InChI is InChI=1S/C20H23NO4S/c1-13(11-26)18(22)21(19(23)24)12-20(25,10-14(21)2)17-8-7-15-5-3-4-6-16(15)9-17/h3-9,13-14,25H,10-12H2,1-2H3,(H-,23,24,26)/p+1/t13?,14?,20?,21-/m0/s1. The van der Waals surface area contributed by atoms with Gasteiger partial charge in [0.05, 0.1) is 5.92 Å². The van der Waals surface area contributed by atoms with E-state index in [1.807, 2.05) is 42.5 Å². The monoisotopic (exact) mass is 374 g/mol. The van der Waals surface area contributed by atoms with Crippen molar-refractivity contribution in [1.82, 2.24) is 0 Å². The van der Waals surface area contributed by atoms with Crippen LogP contribution in [-0.4, -0.2) is 45.0 Å². The zero-order valence-electron chi connectivity index (χ0n) is 14.9. The van der Waals surface area contributed by atoms with Crippen LogP contribution < -0.4 is 0 Å². The molecule has 4 atom stereocenters. The third-order valence-corrected chi connectivity index (χ3v) is 6.16. The van der Waals surface area contributed by atoms with E-state index in [2.05, 4.69) is 12.6 Å². The van der Waals surface area contributed by atoms with E-state index in [9.17, 15) is 19.8 Å². The maximum atomic E-state index is 12.9. The van der Waals surface area contributed by atoms with Crippen molar-refractivity contribution in [2.75, 3.05) is 12.3 Å². The SMILES string of the molecule is CC(CS)C(=O)[N@+]1(C(=O)O)CC(O)(c2ccc3ccccc3c2)CC1C. The van der Waals surface area contributed by atoms with Crippen LogP contribution in [0.1, 0.15) is 25.8 Å². The number of benzene rings is 2. The summed E-state index contributed by atoms with van der Waals surface area (Å²) >= 11 is 4.15. The molecule has 1 heterocycles. The quantitative estimate of drug-likeness (QED) is 0.569. The molecule has 5 nitrogen and oxygen atoms in total. The molecule has 3 rings (SSSR count). The van der Waals surface area contributed by atoms with Crippen molar-refractivity contribution in [1.29, 1.82) is 0 Å². The lowest BCUT2D eigenvalue weighted by molar-refractivity contribution is -0.797. The third kappa shape index (κ3) is 2.82. The van der Waals surface area contributed by atoms with Gasteiger partial charge in [-0.15, -0.1) is 0 Å². The molecule has 0 bridgehead atoms. The second-order valence-corrected chi connectivity index (χ2v) is 7.74. The molecule has 2 amide bonds. The van der Waals surface area contributed by atoms with E-state index in [4.69, 9.17) is 0 Å². The van der Waals surface area contributed by atoms with Gasteiger partial charge in [0.2, 0.25) is 0 Å². The highest BCUT2D eigenvalue weighted by Crippen LogP contribution is 2.43. The Hall–Kier alpha value is -1.89. The molecule has 2 N–H and O–H groups in total. The summed E-state index contributed by atoms with van der Waals surface area (Å²) in [6, 6.07) is 12.9. The van der Waals surface area contributed by atoms with Crippen LogP contribution in [0.5, 0.6) is 0 Å². The molecule has 0 aliphatic carbocycles. The number of imide groups is 1. The van der Waals surface area contributed by atoms with Crippen molar-refractivity contribution in [3.8, 4) is 0 Å². The van der Waals surface area contributed by atoms with Gasteiger partial charge in [0.1, 0.15) is 18.2 Å². The van der Waals surface area contributed by atoms with Gasteiger partial charge in [0.15, 0.2) is 0 Å². The second kappa shape index (κ2) is 6.68. The van der Waals surface area contributed by atoms with Gasteiger partial charge in [0.25, 0.3) is 0 Å². The second-order valence-electron chi connectivity index (χ2n) is 7.38. The highest BCUT2D eigenvalue weighted by Gasteiger charge is 2.63. The number of thiol groups is 1. The van der Waals surface area contributed by atoms with Crippen LogP contribution in [0, 0.1) is 5.92 Å². The lowest BCUT2D eigenvalue weighted by Crippen LogP contribution is -2.61. The topological polar surface area (TPSA) is 74.6 Å². The van der Waals surface area contributed by atoms with Crippen LogP contribution in [0.25, 0.3) is 10.8 Å². The molecule has 0 aromatic heterocycles. The largest absolute Gasteiger partial charge is 0.521 e. The maximum absolute atomic E-state index is 12.9. The highest BCUT2D eigenvalue weighted by molar-refractivity contribution is 7.80. The summed E-state index contributed by atoms with van der Waals surface area (Å²) in [5, 5.41) is 23.3. The first-order chi connectivity index (χ1) is 12.2. The Morgan fingerprint density at radius 3 is 2.54 bits per heavy atom. The highest BCUT2D eigenvalue weighted by atomic mass is 32.1. The van der Waals surface area contributed by atoms with Gasteiger partial charge in [-0.05, 0) is 36.2 Å². The Morgan fingerprint density at radius 2 is 1.92 bits per heavy atom. The van der Waals surface area contributed by atoms with Crippen LogP contribution in [0.4, 0.5) is 4.79 Å². The summed E-state index contributed by atoms with van der Waals surface area (Å²) in [5.74, 6) is -0.639. The number of rotatable bonds is 3. The van der Waals surface area contributed by atoms with Gasteiger partial charge in [-0.2, -0.15) is 21.9 Å². The molecule has 3 unspecified atom stereocenters. The van der Waals surface area contributed by atoms with Gasteiger partial charge in [-0.3, -0.25) is 0 Å². The number of amides is 2. The zero-order valence-corrected chi connectivity index (χ0v) is 15.8. The van der Waals surface area contributed by atoms with E-state index in [0.29, 0.717) is 5.56 Å². The smallest absolute Gasteiger partial charge is 0.435 e. The average molecular weight is 374 g/mol. The fourth-order valence-corrected chi connectivity index (χ4v) is 4.24. The average Bonchev–Trinajstić information content (AvgIpc) is 2.92. The van der Waals surface area contributed by atoms with Crippen molar-refractivity contribution >= 4 is 35.4 Å². The van der Waals surface area contributed by atoms with Crippen LogP contribution in [0.15, 0.2) is 42.5 Å². The molecule has 1 aliphatic heterocycles. The minimum Gasteiger partial charge on any atom is -0.435 e. The first kappa shape index (κ1) is 18.9. The van der Waals surface area contributed by atoms with E-state index >= 15 is 0 Å². The molecule has 1 saturated heterocycles. The molecule has 6 heteroatoms. The Kier molecular flexibility index (Phi) is 4.86. The van der Waals surface area contributed by atoms with Gasteiger partial charge < -0.3 is 10.2 Å². The first-order valence-electron chi connectivity index (χ1n) is 8.73. The van der Waals surface area contributed by atoms with Gasteiger partial charge in [-0.25, -0.2) is 4.79 Å². The molecular formula is C20H24NO4S+. The summed E-state index contributed by atoms with van der Waals surface area (Å²) in [6.45, 7) is 3.23. The lowest BCUT2D eigenvalue weighted by Gasteiger charge is -2.32. The normalized spacial score (nSPS) is 29.6. The molecule has 0 saturated carbocycles. The zero-order chi connectivity index (χ0) is 19.1. The molecule has 26 heavy (non-hydrogen) atoms. The van der Waals surface area contributed by atoms with Gasteiger partial charge in [-0.1, -0.05) is 36.4 Å². The number of hydrogen-bond donors (Lipinski definition) is 3. The Morgan fingerprint density at radius 1 is 1.27 bits per heavy atom. The van der Waals surface area contributed by atoms with Crippen molar-refractivity contribution in [3.63, 3.8) is 0 Å². The van der Waals surface area contributed by atoms with E-state index in [-0.39, 0.29) is 18.7 Å². The summed E-state index contributed by atoms with van der Waals surface area (Å²) in [7, 11) is 0. The summed E-state index contributed by atoms with van der Waals surface area (Å²) in [4.78, 5) is 25.1. The van der Waals surface area contributed by atoms with E-state index in [1.54, 1.807) is 13.8 Å². The molecule has 138 valence electrons. The fraction of sp³-hybridized carbons (Fsp3) is 0.400. The first-order valence-corrected chi connectivity index (χ1v) is 9.36. The third-order valence-electron chi connectivity index (χ3n) is 5.61. The maximum Gasteiger partial charge on any atom is 0.521 e. The Bertz CT molecular complexity index is 870. The lowest BCUT2D eigenvalue weighted by atomic mass is 9.90. The number of fused-ring (bicyclic) bond motifs is 1. The van der Waals surface area contributed by atoms with Crippen molar-refractivity contribution in [2.45, 2.75) is 31.9 Å². The van der Waals surface area contributed by atoms with Crippen LogP contribution in [0.3, 0.4) is 0 Å². The Balaban J connectivity index is 2.06. The number of carboxylic acid groups (broad SMARTS) is 1. The van der Waals surface area contributed by atoms with Gasteiger partial charge >= 0.3 is 12.0 Å². The molecule has 1 aliphatic rings. The number of carbonyl (C=O) groups excluding carboxylic acids is 1. The number of hydrogen-bond acceptors (Lipinski definition) is 4. The molecule has 2 aromatic rings. The molecule has 0 spiro atoms. The Labute approximate surface area is 158 Å². The van der Waals surface area contributed by atoms with Crippen LogP contribution >= 0.6 is 12.6 Å². The van der Waals surface area contributed by atoms with E-state index in [1.165, 1.54) is 0 Å². The van der Waals surface area contributed by atoms with Crippen molar-refractivity contribution in [3.05, 3.63) is 48.0 Å². The van der Waals surface area contributed by atoms with E-state index < -0.39 is 34.0 Å². The number of nitrogens with zero attached hydrogens (tertiary/aromatic N) is 1. The predicted molar refractivity (Wildman–Crippen MR) is 103 cm³/mol. The number of aliphatic hydroxyl groups is 1. The number of quaternary nitrogens is 1. The molecule has 1 fully saturated rings. The minimum atomic E-state index is -1.37. The van der Waals surface area contributed by atoms with Crippen molar-refractivity contribution < 1.29 is 24.3 Å². The predicted octanol–water partition coefficient (Wildman–Crippen LogP) is 3.41. The van der Waals surface area contributed by atoms with E-state index in [0.717, 1.165) is 10.8 Å². The molecule has 0 radical (unpaired) electrons. The molecule has 2 aromatic carbocycles.